The van der Waals surface area contributed by atoms with Crippen LogP contribution in [0.2, 0.25) is 0 Å². The fourth-order valence-electron chi connectivity index (χ4n) is 2.92. The summed E-state index contributed by atoms with van der Waals surface area (Å²) in [6, 6.07) is 5.31. The molecule has 1 aromatic carbocycles. The summed E-state index contributed by atoms with van der Waals surface area (Å²) in [7, 11) is -5.27. The van der Waals surface area contributed by atoms with Crippen LogP contribution in [0, 0.1) is 0 Å². The van der Waals surface area contributed by atoms with E-state index in [1.165, 1.54) is 12.1 Å². The van der Waals surface area contributed by atoms with E-state index >= 15 is 0 Å². The van der Waals surface area contributed by atoms with Crippen LogP contribution in [-0.2, 0) is 9.84 Å². The van der Waals surface area contributed by atoms with Crippen molar-refractivity contribution in [1.82, 2.24) is 4.90 Å². The Morgan fingerprint density at radius 3 is 2.68 bits per heavy atom. The van der Waals surface area contributed by atoms with Crippen molar-refractivity contribution >= 4 is 9.84 Å². The number of likely N-dealkylation sites (tertiary alicyclic amines) is 1. The Bertz CT molecular complexity index is 611. The summed E-state index contributed by atoms with van der Waals surface area (Å²) in [5.41, 5.74) is -4.59. The molecule has 0 aromatic heterocycles. The molecule has 0 radical (unpaired) electrons. The normalized spacial score (nSPS) is 21.0. The van der Waals surface area contributed by atoms with Crippen molar-refractivity contribution in [1.29, 1.82) is 0 Å². The highest BCUT2D eigenvalue weighted by atomic mass is 32.2. The summed E-state index contributed by atoms with van der Waals surface area (Å²) < 4.78 is 61.0. The number of alkyl halides is 3. The molecule has 0 spiro atoms. The fraction of sp³-hybridized carbons (Fsp3) is 0.600. The van der Waals surface area contributed by atoms with Gasteiger partial charge in [-0.25, -0.2) is 8.42 Å². The first-order chi connectivity index (χ1) is 10.3. The number of piperidine rings is 1. The van der Waals surface area contributed by atoms with E-state index in [1.807, 2.05) is 0 Å². The van der Waals surface area contributed by atoms with Gasteiger partial charge in [0.15, 0.2) is 0 Å². The van der Waals surface area contributed by atoms with Crippen molar-refractivity contribution in [2.75, 3.05) is 19.6 Å². The number of hydrogen-bond donors (Lipinski definition) is 0. The molecule has 22 heavy (non-hydrogen) atoms. The smallest absolute Gasteiger partial charge is 0.303 e. The monoisotopic (exact) mass is 335 g/mol. The number of sulfone groups is 1. The molecule has 0 aliphatic carbocycles. The highest BCUT2D eigenvalue weighted by Gasteiger charge is 2.47. The number of benzene rings is 1. The lowest BCUT2D eigenvalue weighted by molar-refractivity contribution is -0.0436. The molecule has 124 valence electrons. The minimum atomic E-state index is -5.27. The Morgan fingerprint density at radius 2 is 2.05 bits per heavy atom. The summed E-state index contributed by atoms with van der Waals surface area (Å²) >= 11 is 0. The molecule has 1 aliphatic heterocycles. The predicted octanol–water partition coefficient (Wildman–Crippen LogP) is 3.57. The third-order valence-corrected chi connectivity index (χ3v) is 5.47. The molecule has 1 aliphatic rings. The van der Waals surface area contributed by atoms with Crippen LogP contribution in [0.25, 0.3) is 0 Å². The van der Waals surface area contributed by atoms with Crippen molar-refractivity contribution in [3.8, 4) is 0 Å². The lowest BCUT2D eigenvalue weighted by atomic mass is 9.90. The topological polar surface area (TPSA) is 37.4 Å². The Labute approximate surface area is 129 Å². The van der Waals surface area contributed by atoms with Gasteiger partial charge in [-0.15, -0.1) is 0 Å². The van der Waals surface area contributed by atoms with Gasteiger partial charge >= 0.3 is 5.51 Å². The molecule has 0 saturated carbocycles. The molecule has 0 N–H and O–H groups in total. The summed E-state index contributed by atoms with van der Waals surface area (Å²) in [5, 5.41) is 0. The van der Waals surface area contributed by atoms with E-state index in [4.69, 9.17) is 0 Å². The second-order valence-corrected chi connectivity index (χ2v) is 7.60. The third-order valence-electron chi connectivity index (χ3n) is 3.99. The maximum Gasteiger partial charge on any atom is 0.501 e. The zero-order valence-electron chi connectivity index (χ0n) is 12.4. The molecule has 2 rings (SSSR count). The number of halogens is 3. The van der Waals surface area contributed by atoms with Crippen LogP contribution in [0.3, 0.4) is 0 Å². The molecule has 1 aromatic rings. The van der Waals surface area contributed by atoms with Crippen molar-refractivity contribution in [2.24, 2.45) is 0 Å². The molecular formula is C15H20F3NO2S. The van der Waals surface area contributed by atoms with Gasteiger partial charge in [0.2, 0.25) is 0 Å². The summed E-state index contributed by atoms with van der Waals surface area (Å²) in [5.74, 6) is 0.0867. The molecule has 3 nitrogen and oxygen atoms in total. The van der Waals surface area contributed by atoms with Crippen LogP contribution in [0.5, 0.6) is 0 Å². The second-order valence-electron chi connectivity index (χ2n) is 5.66. The lowest BCUT2D eigenvalue weighted by Gasteiger charge is -2.32. The minimum Gasteiger partial charge on any atom is -0.303 e. The maximum atomic E-state index is 12.7. The quantitative estimate of drug-likeness (QED) is 0.844. The molecule has 0 unspecified atom stereocenters. The molecule has 1 fully saturated rings. The van der Waals surface area contributed by atoms with Gasteiger partial charge in [0, 0.05) is 6.54 Å². The Kier molecular flexibility index (Phi) is 5.17. The first-order valence-corrected chi connectivity index (χ1v) is 8.87. The average Bonchev–Trinajstić information content (AvgIpc) is 2.47. The minimum absolute atomic E-state index is 0.0867. The lowest BCUT2D eigenvalue weighted by Crippen LogP contribution is -2.34. The van der Waals surface area contributed by atoms with Gasteiger partial charge in [-0.05, 0) is 56.0 Å². The summed E-state index contributed by atoms with van der Waals surface area (Å²) in [6.07, 6.45) is 2.87. The fourth-order valence-corrected chi connectivity index (χ4v) is 3.73. The van der Waals surface area contributed by atoms with Gasteiger partial charge < -0.3 is 4.90 Å². The van der Waals surface area contributed by atoms with E-state index in [9.17, 15) is 21.6 Å². The van der Waals surface area contributed by atoms with Gasteiger partial charge in [0.05, 0.1) is 4.90 Å². The van der Waals surface area contributed by atoms with Crippen LogP contribution < -0.4 is 0 Å². The maximum absolute atomic E-state index is 12.7. The van der Waals surface area contributed by atoms with E-state index in [0.29, 0.717) is 5.56 Å². The predicted molar refractivity (Wildman–Crippen MR) is 78.4 cm³/mol. The van der Waals surface area contributed by atoms with Gasteiger partial charge in [0.1, 0.15) is 0 Å². The second kappa shape index (κ2) is 6.58. The standard InChI is InChI=1S/C15H20F3NO2S/c1-2-8-19-9-4-6-13(11-19)12-5-3-7-14(10-12)22(20,21)15(16,17)18/h3,5,7,10,13H,2,4,6,8-9,11H2,1H3/t13-/m1/s1. The zero-order chi connectivity index (χ0) is 16.4. The van der Waals surface area contributed by atoms with Crippen LogP contribution >= 0.6 is 0 Å². The van der Waals surface area contributed by atoms with Crippen LogP contribution in [0.1, 0.15) is 37.7 Å². The van der Waals surface area contributed by atoms with Gasteiger partial charge in [-0.1, -0.05) is 19.1 Å². The molecule has 0 bridgehead atoms. The van der Waals surface area contributed by atoms with Gasteiger partial charge in [-0.2, -0.15) is 13.2 Å². The molecule has 7 heteroatoms. The van der Waals surface area contributed by atoms with Crippen LogP contribution in [0.4, 0.5) is 13.2 Å². The van der Waals surface area contributed by atoms with Gasteiger partial charge in [-0.3, -0.25) is 0 Å². The van der Waals surface area contributed by atoms with Crippen molar-refractivity contribution in [3.05, 3.63) is 29.8 Å². The Morgan fingerprint density at radius 1 is 1.32 bits per heavy atom. The van der Waals surface area contributed by atoms with Crippen molar-refractivity contribution in [2.45, 2.75) is 42.5 Å². The Hall–Kier alpha value is -1.08. The van der Waals surface area contributed by atoms with Crippen molar-refractivity contribution in [3.63, 3.8) is 0 Å². The first kappa shape index (κ1) is 17.3. The number of hydrogen-bond acceptors (Lipinski definition) is 3. The van der Waals surface area contributed by atoms with E-state index in [-0.39, 0.29) is 5.92 Å². The highest BCUT2D eigenvalue weighted by molar-refractivity contribution is 7.92. The largest absolute Gasteiger partial charge is 0.501 e. The van der Waals surface area contributed by atoms with Gasteiger partial charge in [0.25, 0.3) is 9.84 Å². The van der Waals surface area contributed by atoms with E-state index < -0.39 is 20.2 Å². The van der Waals surface area contributed by atoms with E-state index in [2.05, 4.69) is 11.8 Å². The number of nitrogens with zero attached hydrogens (tertiary/aromatic N) is 1. The SMILES string of the molecule is CCCN1CCC[C@@H](c2cccc(S(=O)(=O)C(F)(F)F)c2)C1. The molecule has 0 amide bonds. The Balaban J connectivity index is 2.25. The molecule has 1 atom stereocenters. The highest BCUT2D eigenvalue weighted by Crippen LogP contribution is 2.33. The van der Waals surface area contributed by atoms with E-state index in [0.717, 1.165) is 45.0 Å². The van der Waals surface area contributed by atoms with Crippen LogP contribution in [0.15, 0.2) is 29.2 Å². The van der Waals surface area contributed by atoms with Crippen LogP contribution in [-0.4, -0.2) is 38.5 Å². The van der Waals surface area contributed by atoms with Crippen molar-refractivity contribution < 1.29 is 21.6 Å². The average molecular weight is 335 g/mol. The van der Waals surface area contributed by atoms with E-state index in [1.54, 1.807) is 6.07 Å². The third kappa shape index (κ3) is 3.63. The molecule has 1 saturated heterocycles. The zero-order valence-corrected chi connectivity index (χ0v) is 13.3. The molecule has 1 heterocycles. The summed E-state index contributed by atoms with van der Waals surface area (Å²) in [6.45, 7) is 4.80. The first-order valence-electron chi connectivity index (χ1n) is 7.39. The number of rotatable bonds is 4. The molecular weight excluding hydrogens is 315 g/mol. The summed E-state index contributed by atoms with van der Waals surface area (Å²) in [4.78, 5) is 1.61.